The number of amides is 1. The first-order chi connectivity index (χ1) is 12.1. The molecule has 25 heavy (non-hydrogen) atoms. The van der Waals surface area contributed by atoms with Crippen LogP contribution in [0.15, 0.2) is 42.6 Å². The number of likely N-dealkylation sites (tertiary alicyclic amines) is 1. The molecule has 1 aromatic carbocycles. The molecule has 1 fully saturated rings. The summed E-state index contributed by atoms with van der Waals surface area (Å²) in [5.41, 5.74) is 1.03. The van der Waals surface area contributed by atoms with Crippen LogP contribution < -0.4 is 9.64 Å². The van der Waals surface area contributed by atoms with Crippen molar-refractivity contribution in [1.82, 2.24) is 9.88 Å². The lowest BCUT2D eigenvalue weighted by Gasteiger charge is -2.20. The molecule has 0 bridgehead atoms. The summed E-state index contributed by atoms with van der Waals surface area (Å²) in [4.78, 5) is 20.6. The zero-order valence-electron chi connectivity index (χ0n) is 14.3. The minimum Gasteiger partial charge on any atom is -0.485 e. The normalized spacial score (nSPS) is 16.4. The van der Waals surface area contributed by atoms with E-state index in [4.69, 9.17) is 10.00 Å². The maximum absolute atomic E-state index is 12.6. The number of aromatic nitrogens is 1. The highest BCUT2D eigenvalue weighted by atomic mass is 16.5. The van der Waals surface area contributed by atoms with E-state index in [2.05, 4.69) is 11.1 Å². The Morgan fingerprint density at radius 3 is 2.96 bits per heavy atom. The largest absolute Gasteiger partial charge is 0.485 e. The van der Waals surface area contributed by atoms with Gasteiger partial charge in [-0.1, -0.05) is 6.07 Å². The third kappa shape index (κ3) is 3.72. The van der Waals surface area contributed by atoms with Gasteiger partial charge in [0.15, 0.2) is 11.6 Å². The van der Waals surface area contributed by atoms with Crippen molar-refractivity contribution >= 4 is 11.7 Å². The fraction of sp³-hybridized carbons (Fsp3) is 0.316. The number of nitriles is 1. The summed E-state index contributed by atoms with van der Waals surface area (Å²) in [7, 11) is 3.84. The molecule has 1 atom stereocenters. The van der Waals surface area contributed by atoms with Crippen molar-refractivity contribution in [2.24, 2.45) is 0 Å². The first-order valence-electron chi connectivity index (χ1n) is 8.17. The fourth-order valence-corrected chi connectivity index (χ4v) is 2.90. The van der Waals surface area contributed by atoms with E-state index in [9.17, 15) is 4.79 Å². The van der Waals surface area contributed by atoms with Crippen LogP contribution in [-0.2, 0) is 0 Å². The molecule has 1 saturated heterocycles. The van der Waals surface area contributed by atoms with Gasteiger partial charge < -0.3 is 14.5 Å². The monoisotopic (exact) mass is 336 g/mol. The van der Waals surface area contributed by atoms with Gasteiger partial charge in [-0.25, -0.2) is 4.98 Å². The Morgan fingerprint density at radius 1 is 1.36 bits per heavy atom. The average molecular weight is 336 g/mol. The standard InChI is InChI=1S/C19H20N4O2/c1-22(2)18-17(7-4-9-21-18)25-16-8-10-23(13-16)19(24)15-6-3-5-14(11-15)12-20/h3-7,9,11,16H,8,10,13H2,1-2H3. The molecule has 0 spiro atoms. The Morgan fingerprint density at radius 2 is 2.20 bits per heavy atom. The second-order valence-corrected chi connectivity index (χ2v) is 6.19. The van der Waals surface area contributed by atoms with E-state index < -0.39 is 0 Å². The van der Waals surface area contributed by atoms with Crippen molar-refractivity contribution in [1.29, 1.82) is 5.26 Å². The molecule has 0 radical (unpaired) electrons. The molecule has 0 saturated carbocycles. The highest BCUT2D eigenvalue weighted by molar-refractivity contribution is 5.94. The highest BCUT2D eigenvalue weighted by Gasteiger charge is 2.29. The van der Waals surface area contributed by atoms with Crippen LogP contribution in [0.5, 0.6) is 5.75 Å². The van der Waals surface area contributed by atoms with Crippen LogP contribution in [0.3, 0.4) is 0 Å². The molecular formula is C19H20N4O2. The Labute approximate surface area is 147 Å². The zero-order chi connectivity index (χ0) is 17.8. The summed E-state index contributed by atoms with van der Waals surface area (Å²) < 4.78 is 6.08. The molecule has 6 heteroatoms. The predicted molar refractivity (Wildman–Crippen MR) is 94.7 cm³/mol. The van der Waals surface area contributed by atoms with E-state index in [1.807, 2.05) is 31.1 Å². The summed E-state index contributed by atoms with van der Waals surface area (Å²) in [6.45, 7) is 1.16. The molecule has 1 unspecified atom stereocenters. The smallest absolute Gasteiger partial charge is 0.254 e. The molecule has 6 nitrogen and oxygen atoms in total. The molecule has 3 rings (SSSR count). The van der Waals surface area contributed by atoms with Gasteiger partial charge >= 0.3 is 0 Å². The molecule has 1 aliphatic rings. The summed E-state index contributed by atoms with van der Waals surface area (Å²) in [6, 6.07) is 12.6. The van der Waals surface area contributed by atoms with Crippen LogP contribution in [0.1, 0.15) is 22.3 Å². The Kier molecular flexibility index (Phi) is 4.85. The van der Waals surface area contributed by atoms with E-state index in [1.165, 1.54) is 0 Å². The maximum Gasteiger partial charge on any atom is 0.254 e. The number of ether oxygens (including phenoxy) is 1. The SMILES string of the molecule is CN(C)c1ncccc1OC1CCN(C(=O)c2cccc(C#N)c2)C1. The lowest BCUT2D eigenvalue weighted by molar-refractivity contribution is 0.0772. The lowest BCUT2D eigenvalue weighted by Crippen LogP contribution is -2.31. The molecule has 1 aromatic heterocycles. The summed E-state index contributed by atoms with van der Waals surface area (Å²) in [5, 5.41) is 8.98. The molecule has 2 aromatic rings. The van der Waals surface area contributed by atoms with Crippen LogP contribution in [0.2, 0.25) is 0 Å². The number of rotatable bonds is 4. The van der Waals surface area contributed by atoms with Crippen LogP contribution in [-0.4, -0.2) is 49.1 Å². The Bertz CT molecular complexity index is 813. The van der Waals surface area contributed by atoms with Gasteiger partial charge in [-0.2, -0.15) is 5.26 Å². The number of anilines is 1. The second-order valence-electron chi connectivity index (χ2n) is 6.19. The number of hydrogen-bond acceptors (Lipinski definition) is 5. The quantitative estimate of drug-likeness (QED) is 0.857. The maximum atomic E-state index is 12.6. The zero-order valence-corrected chi connectivity index (χ0v) is 14.3. The van der Waals surface area contributed by atoms with Crippen molar-refractivity contribution in [3.63, 3.8) is 0 Å². The van der Waals surface area contributed by atoms with Gasteiger partial charge in [0.05, 0.1) is 18.2 Å². The molecule has 0 N–H and O–H groups in total. The predicted octanol–water partition coefficient (Wildman–Crippen LogP) is 2.31. The summed E-state index contributed by atoms with van der Waals surface area (Å²) in [6.07, 6.45) is 2.44. The van der Waals surface area contributed by atoms with Gasteiger partial charge in [-0.3, -0.25) is 4.79 Å². The summed E-state index contributed by atoms with van der Waals surface area (Å²) >= 11 is 0. The molecule has 1 amide bonds. The van der Waals surface area contributed by atoms with Gasteiger partial charge in [0.25, 0.3) is 5.91 Å². The van der Waals surface area contributed by atoms with Crippen molar-refractivity contribution in [2.45, 2.75) is 12.5 Å². The van der Waals surface area contributed by atoms with E-state index in [1.54, 1.807) is 35.4 Å². The van der Waals surface area contributed by atoms with Gasteiger partial charge in [0.1, 0.15) is 6.10 Å². The third-order valence-electron chi connectivity index (χ3n) is 4.14. The Hall–Kier alpha value is -3.07. The number of pyridine rings is 1. The van der Waals surface area contributed by atoms with Crippen molar-refractivity contribution in [3.8, 4) is 11.8 Å². The fourth-order valence-electron chi connectivity index (χ4n) is 2.90. The lowest BCUT2D eigenvalue weighted by atomic mass is 10.1. The topological polar surface area (TPSA) is 69.5 Å². The van der Waals surface area contributed by atoms with Gasteiger partial charge in [0.2, 0.25) is 0 Å². The first-order valence-corrected chi connectivity index (χ1v) is 8.17. The van der Waals surface area contributed by atoms with E-state index >= 15 is 0 Å². The number of benzene rings is 1. The van der Waals surface area contributed by atoms with Gasteiger partial charge in [0, 0.05) is 38.8 Å². The Balaban J connectivity index is 1.68. The number of nitrogens with zero attached hydrogens (tertiary/aromatic N) is 4. The molecule has 128 valence electrons. The van der Waals surface area contributed by atoms with E-state index in [0.29, 0.717) is 24.2 Å². The molecule has 1 aliphatic heterocycles. The minimum atomic E-state index is -0.0674. The average Bonchev–Trinajstić information content (AvgIpc) is 3.10. The van der Waals surface area contributed by atoms with Gasteiger partial charge in [-0.05, 0) is 30.3 Å². The number of carbonyl (C=O) groups excluding carboxylic acids is 1. The van der Waals surface area contributed by atoms with Crippen LogP contribution in [0, 0.1) is 11.3 Å². The molecule has 0 aliphatic carbocycles. The number of carbonyl (C=O) groups is 1. The van der Waals surface area contributed by atoms with Crippen molar-refractivity contribution < 1.29 is 9.53 Å². The van der Waals surface area contributed by atoms with Crippen LogP contribution in [0.4, 0.5) is 5.82 Å². The number of hydrogen-bond donors (Lipinski definition) is 0. The molecule has 2 heterocycles. The highest BCUT2D eigenvalue weighted by Crippen LogP contribution is 2.27. The van der Waals surface area contributed by atoms with Crippen molar-refractivity contribution in [2.75, 3.05) is 32.1 Å². The first kappa shape index (κ1) is 16.8. The third-order valence-corrected chi connectivity index (χ3v) is 4.14. The molecular weight excluding hydrogens is 316 g/mol. The minimum absolute atomic E-state index is 0.0639. The summed E-state index contributed by atoms with van der Waals surface area (Å²) in [5.74, 6) is 1.43. The van der Waals surface area contributed by atoms with Crippen LogP contribution >= 0.6 is 0 Å². The van der Waals surface area contributed by atoms with Gasteiger partial charge in [-0.15, -0.1) is 0 Å². The van der Waals surface area contributed by atoms with E-state index in [-0.39, 0.29) is 12.0 Å². The van der Waals surface area contributed by atoms with Crippen molar-refractivity contribution in [3.05, 3.63) is 53.7 Å². The van der Waals surface area contributed by atoms with Crippen LogP contribution in [0.25, 0.3) is 0 Å². The van der Waals surface area contributed by atoms with E-state index in [0.717, 1.165) is 18.0 Å². The second kappa shape index (κ2) is 7.22.